The summed E-state index contributed by atoms with van der Waals surface area (Å²) in [7, 11) is 4.49. The number of nitrogens with two attached hydrogens (primary N) is 2. The van der Waals surface area contributed by atoms with E-state index in [0.717, 1.165) is 6.07 Å². The smallest absolute Gasteiger partial charge is 0.252 e. The topological polar surface area (TPSA) is 142 Å². The molecule has 2 heterocycles. The Morgan fingerprint density at radius 1 is 1.22 bits per heavy atom. The number of ether oxygens (including phenoxy) is 2. The van der Waals surface area contributed by atoms with Gasteiger partial charge in [-0.2, -0.15) is 0 Å². The molecule has 0 aliphatic rings. The lowest BCUT2D eigenvalue weighted by molar-refractivity contribution is 0.100. The number of nitrogens with one attached hydrogen (secondary N) is 2. The van der Waals surface area contributed by atoms with Crippen LogP contribution in [0.3, 0.4) is 0 Å². The van der Waals surface area contributed by atoms with Crippen molar-refractivity contribution in [1.82, 2.24) is 14.8 Å². The number of benzene rings is 1. The Kier molecular flexibility index (Phi) is 6.75. The molecule has 0 saturated carbocycles. The van der Waals surface area contributed by atoms with Crippen molar-refractivity contribution >= 4 is 34.1 Å². The Labute approximate surface area is 182 Å². The third kappa shape index (κ3) is 4.55. The Morgan fingerprint density at radius 2 is 1.94 bits per heavy atom. The van der Waals surface area contributed by atoms with E-state index in [-0.39, 0.29) is 40.9 Å². The van der Waals surface area contributed by atoms with E-state index in [1.165, 1.54) is 25.0 Å². The predicted octanol–water partition coefficient (Wildman–Crippen LogP) is 1.87. The van der Waals surface area contributed by atoms with Crippen molar-refractivity contribution in [2.75, 3.05) is 31.5 Å². The summed E-state index contributed by atoms with van der Waals surface area (Å²) in [4.78, 5) is 16.1. The van der Waals surface area contributed by atoms with E-state index < -0.39 is 29.6 Å². The fourth-order valence-electron chi connectivity index (χ4n) is 3.24. The van der Waals surface area contributed by atoms with Crippen molar-refractivity contribution in [3.05, 3.63) is 35.4 Å². The molecule has 0 bridgehead atoms. The highest BCUT2D eigenvalue weighted by molar-refractivity contribution is 5.99. The minimum absolute atomic E-state index is 0.0659. The van der Waals surface area contributed by atoms with E-state index in [1.807, 2.05) is 0 Å². The molecule has 2 aromatic heterocycles. The van der Waals surface area contributed by atoms with Gasteiger partial charge in [-0.25, -0.2) is 13.8 Å². The zero-order valence-corrected chi connectivity index (χ0v) is 18.1. The molecule has 0 aliphatic heterocycles. The van der Waals surface area contributed by atoms with Gasteiger partial charge in [0.25, 0.3) is 5.91 Å². The Balaban J connectivity index is 2.05. The van der Waals surface area contributed by atoms with Gasteiger partial charge in [-0.1, -0.05) is 0 Å². The molecule has 12 heteroatoms. The third-order valence-corrected chi connectivity index (χ3v) is 4.86. The molecule has 3 aromatic rings. The second-order valence-electron chi connectivity index (χ2n) is 7.26. The highest BCUT2D eigenvalue weighted by Gasteiger charge is 2.21. The molecule has 0 radical (unpaired) electrons. The van der Waals surface area contributed by atoms with Gasteiger partial charge >= 0.3 is 0 Å². The van der Waals surface area contributed by atoms with E-state index in [2.05, 4.69) is 20.7 Å². The first-order valence-corrected chi connectivity index (χ1v) is 9.64. The number of nitrogens with zero attached hydrogens (tertiary/aromatic N) is 3. The van der Waals surface area contributed by atoms with E-state index >= 15 is 0 Å². The van der Waals surface area contributed by atoms with Crippen LogP contribution in [0.25, 0.3) is 10.9 Å². The summed E-state index contributed by atoms with van der Waals surface area (Å²) in [6.45, 7) is 1.92. The highest BCUT2D eigenvalue weighted by atomic mass is 19.1. The second-order valence-corrected chi connectivity index (χ2v) is 7.26. The number of pyridine rings is 1. The fourth-order valence-corrected chi connectivity index (χ4v) is 3.24. The number of primary amides is 1. The molecule has 0 saturated heterocycles. The number of carbonyl (C=O) groups is 1. The number of halogens is 2. The SMILES string of the molecule is COC[C@@H](Nc1nc(Nc2cc(F)c3c(c2)c(OC)nn3C)c(C(N)=O)cc1F)[C@H](C)N. The standard InChI is InChI=1S/C20H25F2N7O3/c1-9(23)15(8-31-3)26-19-14(22)7-12(17(24)30)18(27-19)25-10-5-11-16(13(21)6-10)29(2)28-20(11)32-4/h5-7,9,15H,8,23H2,1-4H3,(H2,24,30)(H2,25,26,27)/t9-,15+/m0/s1. The maximum atomic E-state index is 14.7. The molecule has 0 aliphatic carbocycles. The van der Waals surface area contributed by atoms with Crippen molar-refractivity contribution in [1.29, 1.82) is 0 Å². The monoisotopic (exact) mass is 449 g/mol. The lowest BCUT2D eigenvalue weighted by Crippen LogP contribution is -2.41. The average Bonchev–Trinajstić information content (AvgIpc) is 3.05. The zero-order chi connectivity index (χ0) is 23.6. The van der Waals surface area contributed by atoms with Gasteiger partial charge in [0.05, 0.1) is 30.7 Å². The van der Waals surface area contributed by atoms with Gasteiger partial charge in [0.15, 0.2) is 17.5 Å². The fraction of sp³-hybridized carbons (Fsp3) is 0.350. The number of carbonyl (C=O) groups excluding carboxylic acids is 1. The molecule has 2 atom stereocenters. The van der Waals surface area contributed by atoms with Crippen LogP contribution in [0.1, 0.15) is 17.3 Å². The van der Waals surface area contributed by atoms with Gasteiger partial charge in [-0.3, -0.25) is 9.48 Å². The molecular formula is C20H25F2N7O3. The van der Waals surface area contributed by atoms with Crippen molar-refractivity contribution in [3.63, 3.8) is 0 Å². The largest absolute Gasteiger partial charge is 0.479 e. The highest BCUT2D eigenvalue weighted by Crippen LogP contribution is 2.32. The minimum Gasteiger partial charge on any atom is -0.479 e. The first-order valence-electron chi connectivity index (χ1n) is 9.64. The van der Waals surface area contributed by atoms with Crippen molar-refractivity contribution in [3.8, 4) is 5.88 Å². The number of hydrogen-bond acceptors (Lipinski definition) is 8. The van der Waals surface area contributed by atoms with Crippen LogP contribution in [-0.4, -0.2) is 53.6 Å². The van der Waals surface area contributed by atoms with E-state index in [9.17, 15) is 13.6 Å². The van der Waals surface area contributed by atoms with Crippen LogP contribution < -0.4 is 26.8 Å². The summed E-state index contributed by atoms with van der Waals surface area (Å²) in [6, 6.07) is 2.87. The normalized spacial score (nSPS) is 13.1. The Morgan fingerprint density at radius 3 is 2.53 bits per heavy atom. The molecular weight excluding hydrogens is 424 g/mol. The maximum Gasteiger partial charge on any atom is 0.252 e. The average molecular weight is 449 g/mol. The van der Waals surface area contributed by atoms with Crippen molar-refractivity contribution in [2.45, 2.75) is 19.0 Å². The molecule has 10 nitrogen and oxygen atoms in total. The van der Waals surface area contributed by atoms with Gasteiger partial charge in [0, 0.05) is 25.9 Å². The Hall–Kier alpha value is -3.51. The number of aryl methyl sites for hydroxylation is 1. The third-order valence-electron chi connectivity index (χ3n) is 4.86. The predicted molar refractivity (Wildman–Crippen MR) is 116 cm³/mol. The van der Waals surface area contributed by atoms with Crippen molar-refractivity contribution < 1.29 is 23.0 Å². The summed E-state index contributed by atoms with van der Waals surface area (Å²) in [5.41, 5.74) is 11.6. The summed E-state index contributed by atoms with van der Waals surface area (Å²) >= 11 is 0. The summed E-state index contributed by atoms with van der Waals surface area (Å²) < 4.78 is 41.0. The number of methoxy groups -OCH3 is 2. The molecule has 3 rings (SSSR count). The van der Waals surface area contributed by atoms with Gasteiger partial charge in [-0.05, 0) is 25.1 Å². The number of hydrogen-bond donors (Lipinski definition) is 4. The van der Waals surface area contributed by atoms with E-state index in [4.69, 9.17) is 20.9 Å². The molecule has 1 amide bonds. The van der Waals surface area contributed by atoms with Crippen LogP contribution in [0.2, 0.25) is 0 Å². The van der Waals surface area contributed by atoms with E-state index in [1.54, 1.807) is 20.0 Å². The lowest BCUT2D eigenvalue weighted by atomic mass is 10.1. The molecule has 0 fully saturated rings. The van der Waals surface area contributed by atoms with Crippen LogP contribution in [-0.2, 0) is 11.8 Å². The molecule has 6 N–H and O–H groups in total. The zero-order valence-electron chi connectivity index (χ0n) is 18.1. The van der Waals surface area contributed by atoms with Crippen molar-refractivity contribution in [2.24, 2.45) is 18.5 Å². The van der Waals surface area contributed by atoms with Crippen LogP contribution in [0.4, 0.5) is 26.1 Å². The number of fused-ring (bicyclic) bond motifs is 1. The minimum atomic E-state index is -0.911. The number of aromatic nitrogens is 3. The number of rotatable bonds is 9. The quantitative estimate of drug-likeness (QED) is 0.388. The van der Waals surface area contributed by atoms with Gasteiger partial charge in [-0.15, -0.1) is 5.10 Å². The molecule has 172 valence electrons. The maximum absolute atomic E-state index is 14.7. The summed E-state index contributed by atoms with van der Waals surface area (Å²) in [5, 5.41) is 10.2. The van der Waals surface area contributed by atoms with E-state index in [0.29, 0.717) is 5.39 Å². The molecule has 0 spiro atoms. The van der Waals surface area contributed by atoms with Crippen LogP contribution in [0.15, 0.2) is 18.2 Å². The van der Waals surface area contributed by atoms with Crippen LogP contribution in [0, 0.1) is 11.6 Å². The molecule has 32 heavy (non-hydrogen) atoms. The van der Waals surface area contributed by atoms with Gasteiger partial charge < -0.3 is 31.6 Å². The van der Waals surface area contributed by atoms with Gasteiger partial charge in [0.1, 0.15) is 11.3 Å². The lowest BCUT2D eigenvalue weighted by Gasteiger charge is -2.23. The van der Waals surface area contributed by atoms with Gasteiger partial charge in [0.2, 0.25) is 5.88 Å². The first kappa shape index (κ1) is 23.2. The number of anilines is 3. The summed E-state index contributed by atoms with van der Waals surface area (Å²) in [5.74, 6) is -2.31. The second kappa shape index (κ2) is 9.32. The number of amides is 1. The Bertz CT molecular complexity index is 1150. The summed E-state index contributed by atoms with van der Waals surface area (Å²) in [6.07, 6.45) is 0. The molecule has 0 unspecified atom stereocenters. The molecule has 1 aromatic carbocycles. The van der Waals surface area contributed by atoms with Crippen LogP contribution >= 0.6 is 0 Å². The first-order chi connectivity index (χ1) is 15.2. The van der Waals surface area contributed by atoms with Crippen LogP contribution in [0.5, 0.6) is 5.88 Å².